The van der Waals surface area contributed by atoms with E-state index in [1.165, 1.54) is 18.3 Å². The molecule has 0 atom stereocenters. The number of carbonyl (C=O) groups is 1. The number of sulfonamides is 1. The monoisotopic (exact) mass is 318 g/mol. The van der Waals surface area contributed by atoms with E-state index in [-0.39, 0.29) is 16.6 Å². The van der Waals surface area contributed by atoms with Gasteiger partial charge in [0.1, 0.15) is 10.0 Å². The molecule has 0 unspecified atom stereocenters. The first kappa shape index (κ1) is 15.2. The molecule has 0 radical (unpaired) electrons. The van der Waals surface area contributed by atoms with Crippen molar-refractivity contribution in [3.8, 4) is 0 Å². The summed E-state index contributed by atoms with van der Waals surface area (Å²) in [4.78, 5) is 14.9. The number of hydrogen-bond donors (Lipinski definition) is 2. The van der Waals surface area contributed by atoms with Crippen LogP contribution in [-0.2, 0) is 14.8 Å². The molecule has 1 heterocycles. The number of nitrogens with one attached hydrogen (secondary N) is 1. The summed E-state index contributed by atoms with van der Waals surface area (Å²) in [6.45, 7) is -0.129. The fraction of sp³-hybridized carbons (Fsp3) is 0.500. The maximum Gasteiger partial charge on any atom is 0.310 e. The van der Waals surface area contributed by atoms with E-state index >= 15 is 0 Å². The minimum Gasteiger partial charge on any atom is -0.481 e. The van der Waals surface area contributed by atoms with E-state index in [2.05, 4.69) is 9.71 Å². The van der Waals surface area contributed by atoms with Crippen molar-refractivity contribution in [3.05, 3.63) is 23.5 Å². The largest absolute Gasteiger partial charge is 0.481 e. The number of carboxylic acid groups (broad SMARTS) is 1. The lowest BCUT2D eigenvalue weighted by molar-refractivity contribution is -0.148. The van der Waals surface area contributed by atoms with E-state index in [9.17, 15) is 18.3 Å². The number of hydrogen-bond acceptors (Lipinski definition) is 4. The Kier molecular flexibility index (Phi) is 4.31. The van der Waals surface area contributed by atoms with E-state index in [1.807, 2.05) is 0 Å². The maximum atomic E-state index is 12.1. The summed E-state index contributed by atoms with van der Waals surface area (Å²) < 4.78 is 26.6. The molecule has 2 N–H and O–H groups in total. The fourth-order valence-electron chi connectivity index (χ4n) is 2.40. The molecule has 0 aromatic carbocycles. The molecular formula is C12H15ClN2O4S. The number of aromatic nitrogens is 1. The van der Waals surface area contributed by atoms with Crippen molar-refractivity contribution in [1.82, 2.24) is 9.71 Å². The Bertz CT molecular complexity index is 612. The van der Waals surface area contributed by atoms with Crippen LogP contribution in [0.3, 0.4) is 0 Å². The lowest BCUT2D eigenvalue weighted by atomic mass is 9.87. The summed E-state index contributed by atoms with van der Waals surface area (Å²) in [7, 11) is -3.86. The van der Waals surface area contributed by atoms with Crippen LogP contribution in [0.15, 0.2) is 23.2 Å². The summed E-state index contributed by atoms with van der Waals surface area (Å²) in [5, 5.41) is 9.18. The van der Waals surface area contributed by atoms with Gasteiger partial charge >= 0.3 is 5.97 Å². The van der Waals surface area contributed by atoms with E-state index < -0.39 is 21.4 Å². The van der Waals surface area contributed by atoms with Gasteiger partial charge in [-0.1, -0.05) is 24.4 Å². The van der Waals surface area contributed by atoms with E-state index in [1.54, 1.807) is 0 Å². The van der Waals surface area contributed by atoms with Gasteiger partial charge < -0.3 is 5.11 Å². The molecule has 0 aliphatic heterocycles. The highest BCUT2D eigenvalue weighted by Crippen LogP contribution is 2.38. The van der Waals surface area contributed by atoms with Crippen molar-refractivity contribution < 1.29 is 18.3 Å². The third kappa shape index (κ3) is 2.94. The first-order valence-corrected chi connectivity index (χ1v) is 8.07. The molecule has 1 aromatic heterocycles. The molecule has 1 aliphatic rings. The van der Waals surface area contributed by atoms with Crippen LogP contribution in [0.25, 0.3) is 0 Å². The molecule has 8 heteroatoms. The zero-order valence-electron chi connectivity index (χ0n) is 10.7. The molecule has 20 heavy (non-hydrogen) atoms. The van der Waals surface area contributed by atoms with Gasteiger partial charge in [0.25, 0.3) is 0 Å². The van der Waals surface area contributed by atoms with Gasteiger partial charge in [0.05, 0.1) is 5.41 Å². The molecule has 2 rings (SSSR count). The molecule has 6 nitrogen and oxygen atoms in total. The smallest absolute Gasteiger partial charge is 0.310 e. The first-order valence-electron chi connectivity index (χ1n) is 6.21. The second-order valence-corrected chi connectivity index (χ2v) is 7.00. The zero-order chi connectivity index (χ0) is 14.8. The molecule has 0 spiro atoms. The standard InChI is InChI=1S/C12H15ClN2O4S/c13-10-9(4-3-7-14-10)20(18,19)15-8-12(11(16)17)5-1-2-6-12/h3-4,7,15H,1-2,5-6,8H2,(H,16,17). The Morgan fingerprint density at radius 3 is 2.65 bits per heavy atom. The lowest BCUT2D eigenvalue weighted by Gasteiger charge is -2.23. The normalized spacial score (nSPS) is 18.1. The van der Waals surface area contributed by atoms with Crippen molar-refractivity contribution in [1.29, 1.82) is 0 Å². The van der Waals surface area contributed by atoms with Gasteiger partial charge in [-0.2, -0.15) is 0 Å². The van der Waals surface area contributed by atoms with Crippen LogP contribution in [0.5, 0.6) is 0 Å². The topological polar surface area (TPSA) is 96.4 Å². The molecule has 1 aliphatic carbocycles. The highest BCUT2D eigenvalue weighted by molar-refractivity contribution is 7.89. The molecular weight excluding hydrogens is 304 g/mol. The van der Waals surface area contributed by atoms with Gasteiger partial charge in [-0.05, 0) is 25.0 Å². The number of rotatable bonds is 5. The molecule has 0 amide bonds. The molecule has 110 valence electrons. The Morgan fingerprint density at radius 1 is 1.45 bits per heavy atom. The number of aliphatic carboxylic acids is 1. The van der Waals surface area contributed by atoms with Gasteiger partial charge in [-0.3, -0.25) is 4.79 Å². The molecule has 1 saturated carbocycles. The van der Waals surface area contributed by atoms with Gasteiger partial charge in [-0.25, -0.2) is 18.1 Å². The minimum atomic E-state index is -3.86. The Hall–Kier alpha value is -1.18. The summed E-state index contributed by atoms with van der Waals surface area (Å²) >= 11 is 5.75. The highest BCUT2D eigenvalue weighted by Gasteiger charge is 2.42. The lowest BCUT2D eigenvalue weighted by Crippen LogP contribution is -2.41. The third-order valence-corrected chi connectivity index (χ3v) is 5.48. The van der Waals surface area contributed by atoms with Crippen molar-refractivity contribution in [2.24, 2.45) is 5.41 Å². The number of halogens is 1. The summed E-state index contributed by atoms with van der Waals surface area (Å²) in [5.41, 5.74) is -1.01. The van der Waals surface area contributed by atoms with Gasteiger partial charge in [0, 0.05) is 12.7 Å². The van der Waals surface area contributed by atoms with Crippen LogP contribution >= 0.6 is 11.6 Å². The van der Waals surface area contributed by atoms with Crippen LogP contribution in [0.1, 0.15) is 25.7 Å². The van der Waals surface area contributed by atoms with Crippen LogP contribution < -0.4 is 4.72 Å². The summed E-state index contributed by atoms with van der Waals surface area (Å²) in [6, 6.07) is 2.79. The van der Waals surface area contributed by atoms with Crippen molar-refractivity contribution in [2.45, 2.75) is 30.6 Å². The molecule has 0 saturated heterocycles. The van der Waals surface area contributed by atoms with Gasteiger partial charge in [0.15, 0.2) is 0 Å². The Morgan fingerprint density at radius 2 is 2.10 bits per heavy atom. The van der Waals surface area contributed by atoms with Crippen molar-refractivity contribution >= 4 is 27.6 Å². The number of carboxylic acids is 1. The summed E-state index contributed by atoms with van der Waals surface area (Å²) in [6.07, 6.45) is 3.93. The number of nitrogens with zero attached hydrogens (tertiary/aromatic N) is 1. The highest BCUT2D eigenvalue weighted by atomic mass is 35.5. The van der Waals surface area contributed by atoms with E-state index in [4.69, 9.17) is 11.6 Å². The molecule has 0 bridgehead atoms. The zero-order valence-corrected chi connectivity index (χ0v) is 12.2. The fourth-order valence-corrected chi connectivity index (χ4v) is 3.98. The van der Waals surface area contributed by atoms with Crippen LogP contribution in [0.2, 0.25) is 5.15 Å². The van der Waals surface area contributed by atoms with E-state index in [0.29, 0.717) is 12.8 Å². The minimum absolute atomic E-state index is 0.129. The predicted molar refractivity (Wildman–Crippen MR) is 73.0 cm³/mol. The Labute approximate surface area is 122 Å². The maximum absolute atomic E-state index is 12.1. The quantitative estimate of drug-likeness (QED) is 0.805. The van der Waals surface area contributed by atoms with E-state index in [0.717, 1.165) is 12.8 Å². The average Bonchev–Trinajstić information content (AvgIpc) is 2.87. The SMILES string of the molecule is O=C(O)C1(CNS(=O)(=O)c2cccnc2Cl)CCCC1. The Balaban J connectivity index is 2.18. The first-order chi connectivity index (χ1) is 9.37. The number of pyridine rings is 1. The second kappa shape index (κ2) is 5.67. The summed E-state index contributed by atoms with van der Waals surface area (Å²) in [5.74, 6) is -0.963. The second-order valence-electron chi connectivity index (χ2n) is 4.91. The van der Waals surface area contributed by atoms with Crippen LogP contribution in [0.4, 0.5) is 0 Å². The van der Waals surface area contributed by atoms with Crippen LogP contribution in [0, 0.1) is 5.41 Å². The van der Waals surface area contributed by atoms with Crippen molar-refractivity contribution in [3.63, 3.8) is 0 Å². The predicted octanol–water partition coefficient (Wildman–Crippen LogP) is 1.66. The molecule has 1 fully saturated rings. The average molecular weight is 319 g/mol. The van der Waals surface area contributed by atoms with Gasteiger partial charge in [0.2, 0.25) is 10.0 Å². The van der Waals surface area contributed by atoms with Crippen molar-refractivity contribution in [2.75, 3.05) is 6.54 Å². The van der Waals surface area contributed by atoms with Crippen LogP contribution in [-0.4, -0.2) is 31.0 Å². The van der Waals surface area contributed by atoms with Gasteiger partial charge in [-0.15, -0.1) is 0 Å². The molecule has 1 aromatic rings. The third-order valence-electron chi connectivity index (χ3n) is 3.63.